The van der Waals surface area contributed by atoms with Gasteiger partial charge in [0.05, 0.1) is 0 Å². The highest BCUT2D eigenvalue weighted by Crippen LogP contribution is 2.70. The Balaban J connectivity index is 7.85. The third kappa shape index (κ3) is 5.77. The summed E-state index contributed by atoms with van der Waals surface area (Å²) in [5, 5.41) is 14.9. The number of aliphatic hydroxyl groups is 2. The molecule has 0 heterocycles. The molecule has 0 radical (unpaired) electrons. The highest BCUT2D eigenvalue weighted by atomic mass is 19.4. The fraction of sp³-hybridized carbons (Fsp3) is 1.00. The van der Waals surface area contributed by atoms with Crippen molar-refractivity contribution in [3.63, 3.8) is 0 Å². The first kappa shape index (κ1) is 53.4. The number of hydrogen-bond donors (Lipinski definition) is 2. The smallest absolute Gasteiger partial charge is 0.331 e. The fourth-order valence-corrected chi connectivity index (χ4v) is 3.14. The molecule has 0 aromatic heterocycles. The summed E-state index contributed by atoms with van der Waals surface area (Å²) in [5.41, 5.74) is 0. The summed E-state index contributed by atoms with van der Waals surface area (Å²) in [4.78, 5) is 0. The van der Waals surface area contributed by atoms with E-state index in [1.807, 2.05) is 0 Å². The van der Waals surface area contributed by atoms with E-state index in [0.29, 0.717) is 0 Å². The van der Waals surface area contributed by atoms with E-state index in [4.69, 9.17) is 10.2 Å². The summed E-state index contributed by atoms with van der Waals surface area (Å²) >= 11 is 0. The first-order chi connectivity index (χ1) is 23.2. The van der Waals surface area contributed by atoms with Crippen LogP contribution in [0.25, 0.3) is 0 Å². The molecule has 2 N–H and O–H groups in total. The minimum Gasteiger partial charge on any atom is -0.331 e. The lowest BCUT2D eigenvalue weighted by Gasteiger charge is -2.47. The largest absolute Gasteiger partial charge is 0.423 e. The quantitative estimate of drug-likeness (QED) is 0.143. The molecule has 0 unspecified atom stereocenters. The van der Waals surface area contributed by atoms with Gasteiger partial charge in [-0.2, -0.15) is 158 Å². The Kier molecular flexibility index (Phi) is 11.9. The van der Waals surface area contributed by atoms with E-state index >= 15 is 0 Å². The lowest BCUT2D eigenvalue weighted by molar-refractivity contribution is -0.497. The van der Waals surface area contributed by atoms with Crippen LogP contribution < -0.4 is 0 Å². The molecule has 56 heavy (non-hydrogen) atoms. The second kappa shape index (κ2) is 12.5. The molecule has 38 heteroatoms. The highest BCUT2D eigenvalue weighted by Gasteiger charge is 3.02. The molecule has 0 bridgehead atoms. The molecule has 0 aliphatic carbocycles. The Morgan fingerprint density at radius 3 is 0.232 bits per heavy atom. The molecular weight excluding hydrogens is 932 g/mol. The lowest BCUT2D eigenvalue weighted by atomic mass is 9.82. The monoisotopic (exact) mass is 934 g/mol. The summed E-state index contributed by atoms with van der Waals surface area (Å²) in [6, 6.07) is 0. The fourth-order valence-electron chi connectivity index (χ4n) is 3.14. The Bertz CT molecular complexity index is 1330. The number of halogens is 36. The van der Waals surface area contributed by atoms with Crippen molar-refractivity contribution in [2.24, 2.45) is 0 Å². The lowest BCUT2D eigenvalue weighted by Crippen LogP contribution is -2.80. The minimum absolute atomic E-state index is 7.44. The van der Waals surface area contributed by atoms with Crippen LogP contribution in [0.2, 0.25) is 0 Å². The van der Waals surface area contributed by atoms with E-state index in [2.05, 4.69) is 0 Å². The molecule has 0 rings (SSSR count). The second-order valence-corrected chi connectivity index (χ2v) is 10.3. The van der Waals surface area contributed by atoms with Gasteiger partial charge < -0.3 is 10.2 Å². The third-order valence-electron chi connectivity index (χ3n) is 6.67. The van der Waals surface area contributed by atoms with Crippen LogP contribution in [-0.2, 0) is 0 Å². The molecule has 2 nitrogen and oxygen atoms in total. The molecule has 0 saturated carbocycles. The molecular formula is C18H2F36O2. The Morgan fingerprint density at radius 1 is 0.125 bits per heavy atom. The Morgan fingerprint density at radius 2 is 0.179 bits per heavy atom. The molecule has 0 aromatic rings. The molecule has 0 atom stereocenters. The van der Waals surface area contributed by atoms with Crippen molar-refractivity contribution in [1.82, 2.24) is 0 Å². The zero-order valence-electron chi connectivity index (χ0n) is 23.5. The minimum atomic E-state index is -10.4. The van der Waals surface area contributed by atoms with Gasteiger partial charge in [-0.1, -0.05) is 0 Å². The average Bonchev–Trinajstić information content (AvgIpc) is 2.94. The highest BCUT2D eigenvalue weighted by molar-refractivity contribution is 5.22. The van der Waals surface area contributed by atoms with E-state index in [-0.39, 0.29) is 0 Å². The molecule has 0 amide bonds. The van der Waals surface area contributed by atoms with Crippen molar-refractivity contribution >= 4 is 0 Å². The van der Waals surface area contributed by atoms with Crippen LogP contribution in [0.15, 0.2) is 0 Å². The molecule has 0 spiro atoms. The van der Waals surface area contributed by atoms with Crippen molar-refractivity contribution in [3.8, 4) is 0 Å². The van der Waals surface area contributed by atoms with Crippen molar-refractivity contribution < 1.29 is 168 Å². The topological polar surface area (TPSA) is 40.5 Å². The normalized spacial score (nSPS) is 17.5. The molecule has 0 aliphatic heterocycles. The maximum Gasteiger partial charge on any atom is 0.423 e. The van der Waals surface area contributed by atoms with Gasteiger partial charge in [0.15, 0.2) is 0 Å². The SMILES string of the molecule is OC(F)(F)C(F)(F)C(F)(F)C(F)(F)C(F)(F)C(F)(F)C(F)(F)C(F)(F)C(F)(F)C(F)(F)C(F)(F)C(F)(F)C(F)(F)C(F)(F)C(F)(F)C(F)(F)C(F)(F)C(O)(F)F. The van der Waals surface area contributed by atoms with Crippen LogP contribution in [-0.4, -0.2) is 117 Å². The summed E-state index contributed by atoms with van der Waals surface area (Å²) in [6.07, 6.45) is -15.9. The van der Waals surface area contributed by atoms with Gasteiger partial charge in [-0.15, -0.1) is 0 Å². The van der Waals surface area contributed by atoms with Crippen LogP contribution in [0.3, 0.4) is 0 Å². The van der Waals surface area contributed by atoms with Gasteiger partial charge in [-0.3, -0.25) is 0 Å². The molecule has 0 aliphatic rings. The predicted molar refractivity (Wildman–Crippen MR) is 93.5 cm³/mol. The first-order valence-corrected chi connectivity index (χ1v) is 11.5. The molecule has 0 saturated heterocycles. The maximum atomic E-state index is 13.8. The first-order valence-electron chi connectivity index (χ1n) is 11.5. The maximum absolute atomic E-state index is 13.8. The Labute approximate surface area is 276 Å². The van der Waals surface area contributed by atoms with Crippen molar-refractivity contribution in [2.75, 3.05) is 0 Å². The van der Waals surface area contributed by atoms with E-state index in [9.17, 15) is 158 Å². The Hall–Kier alpha value is -2.60. The molecule has 338 valence electrons. The molecule has 0 aromatic carbocycles. The van der Waals surface area contributed by atoms with Gasteiger partial charge in [0, 0.05) is 0 Å². The van der Waals surface area contributed by atoms with E-state index in [1.54, 1.807) is 0 Å². The van der Waals surface area contributed by atoms with Crippen LogP contribution in [0, 0.1) is 0 Å². The van der Waals surface area contributed by atoms with Gasteiger partial charge in [0.1, 0.15) is 0 Å². The van der Waals surface area contributed by atoms with E-state index in [1.165, 1.54) is 0 Å². The van der Waals surface area contributed by atoms with Crippen molar-refractivity contribution in [1.29, 1.82) is 0 Å². The van der Waals surface area contributed by atoms with Crippen LogP contribution >= 0.6 is 0 Å². The van der Waals surface area contributed by atoms with E-state index < -0.39 is 107 Å². The summed E-state index contributed by atoms with van der Waals surface area (Å²) in [5.74, 6) is -158. The second-order valence-electron chi connectivity index (χ2n) is 10.3. The van der Waals surface area contributed by atoms with Gasteiger partial charge in [0.2, 0.25) is 0 Å². The number of hydrogen-bond acceptors (Lipinski definition) is 2. The van der Waals surface area contributed by atoms with Crippen molar-refractivity contribution in [2.45, 2.75) is 107 Å². The van der Waals surface area contributed by atoms with Crippen LogP contribution in [0.4, 0.5) is 158 Å². The summed E-state index contributed by atoms with van der Waals surface area (Å²) in [6.45, 7) is 0. The van der Waals surface area contributed by atoms with Gasteiger partial charge >= 0.3 is 107 Å². The van der Waals surface area contributed by atoms with Crippen LogP contribution in [0.1, 0.15) is 0 Å². The average molecular weight is 934 g/mol. The van der Waals surface area contributed by atoms with Gasteiger partial charge in [-0.25, -0.2) is 0 Å². The number of rotatable bonds is 17. The van der Waals surface area contributed by atoms with E-state index in [0.717, 1.165) is 0 Å². The summed E-state index contributed by atoms with van der Waals surface area (Å²) in [7, 11) is 0. The van der Waals surface area contributed by atoms with Crippen LogP contribution in [0.5, 0.6) is 0 Å². The standard InChI is InChI=1S/C18H2F36O2/c19-1(20,3(23,24)5(27,28)7(31,32)9(35,36)11(39,40)13(43,44)15(47,48)17(51,52)55)2(21,22)4(25,26)6(29,30)8(33,34)10(37,38)12(41,42)14(45,46)16(49,50)18(53,54)56/h55-56H. The number of alkyl halides is 36. The molecule has 0 fully saturated rings. The van der Waals surface area contributed by atoms with Gasteiger partial charge in [0.25, 0.3) is 0 Å². The zero-order chi connectivity index (χ0) is 47.0. The van der Waals surface area contributed by atoms with Gasteiger partial charge in [-0.05, 0) is 0 Å². The predicted octanol–water partition coefficient (Wildman–Crippen LogP) is 10.3. The summed E-state index contributed by atoms with van der Waals surface area (Å²) < 4.78 is 482. The van der Waals surface area contributed by atoms with Crippen molar-refractivity contribution in [3.05, 3.63) is 0 Å². The zero-order valence-corrected chi connectivity index (χ0v) is 23.5. The third-order valence-corrected chi connectivity index (χ3v) is 6.67.